The molecule has 0 bridgehead atoms. The number of benzene rings is 2. The molecule has 2 aromatic rings. The monoisotopic (exact) mass is 428 g/mol. The maximum absolute atomic E-state index is 13.0. The second-order valence-electron chi connectivity index (χ2n) is 7.44. The zero-order valence-corrected chi connectivity index (χ0v) is 18.6. The number of hydrogen-bond acceptors (Lipinski definition) is 4. The fourth-order valence-electron chi connectivity index (χ4n) is 3.81. The average molecular weight is 429 g/mol. The number of carbonyl (C=O) groups is 1. The van der Waals surface area contributed by atoms with E-state index in [0.29, 0.717) is 12.1 Å². The summed E-state index contributed by atoms with van der Waals surface area (Å²) < 4.78 is 31.5. The molecule has 0 saturated carbocycles. The Morgan fingerprint density at radius 1 is 1.23 bits per heavy atom. The van der Waals surface area contributed by atoms with Gasteiger partial charge in [-0.25, -0.2) is 12.7 Å². The summed E-state index contributed by atoms with van der Waals surface area (Å²) in [6.07, 6.45) is 4.85. The lowest BCUT2D eigenvalue weighted by atomic mass is 9.91. The second-order valence-corrected chi connectivity index (χ2v) is 9.56. The first kappa shape index (κ1) is 22.1. The maximum atomic E-state index is 13.0. The van der Waals surface area contributed by atoms with Crippen LogP contribution in [0.4, 0.5) is 0 Å². The summed E-state index contributed by atoms with van der Waals surface area (Å²) in [5, 5.41) is 0. The maximum Gasteiger partial charge on any atom is 0.247 e. The average Bonchev–Trinajstić information content (AvgIpc) is 2.76. The van der Waals surface area contributed by atoms with Crippen LogP contribution in [0.2, 0.25) is 0 Å². The lowest BCUT2D eigenvalue weighted by Gasteiger charge is -2.36. The molecule has 0 N–H and O–H groups in total. The van der Waals surface area contributed by atoms with Crippen molar-refractivity contribution in [1.82, 2.24) is 9.21 Å². The second kappa shape index (κ2) is 9.02. The quantitative estimate of drug-likeness (QED) is 0.661. The first-order valence-corrected chi connectivity index (χ1v) is 11.4. The van der Waals surface area contributed by atoms with Gasteiger partial charge in [0.25, 0.3) is 0 Å². The van der Waals surface area contributed by atoms with Gasteiger partial charge in [-0.1, -0.05) is 37.3 Å². The van der Waals surface area contributed by atoms with Crippen molar-refractivity contribution >= 4 is 22.0 Å². The van der Waals surface area contributed by atoms with Crippen LogP contribution < -0.4 is 4.74 Å². The van der Waals surface area contributed by atoms with Gasteiger partial charge >= 0.3 is 0 Å². The number of sulfonamides is 1. The molecule has 1 heterocycles. The number of fused-ring (bicyclic) bond motifs is 1. The van der Waals surface area contributed by atoms with Gasteiger partial charge in [-0.15, -0.1) is 0 Å². The molecule has 30 heavy (non-hydrogen) atoms. The van der Waals surface area contributed by atoms with E-state index in [1.165, 1.54) is 44.5 Å². The molecule has 1 atom stereocenters. The largest absolute Gasteiger partial charge is 0.495 e. The van der Waals surface area contributed by atoms with Crippen molar-refractivity contribution in [2.45, 2.75) is 30.7 Å². The Balaban J connectivity index is 1.86. The van der Waals surface area contributed by atoms with Crippen molar-refractivity contribution in [3.8, 4) is 5.75 Å². The number of amides is 1. The zero-order chi connectivity index (χ0) is 21.9. The van der Waals surface area contributed by atoms with Crippen molar-refractivity contribution in [1.29, 1.82) is 0 Å². The predicted molar refractivity (Wildman–Crippen MR) is 118 cm³/mol. The van der Waals surface area contributed by atoms with Crippen LogP contribution in [0, 0.1) is 0 Å². The first-order valence-electron chi connectivity index (χ1n) is 9.96. The van der Waals surface area contributed by atoms with Gasteiger partial charge in [-0.2, -0.15) is 0 Å². The van der Waals surface area contributed by atoms with E-state index in [0.717, 1.165) is 17.1 Å². The molecular weight excluding hydrogens is 400 g/mol. The van der Waals surface area contributed by atoms with E-state index in [4.69, 9.17) is 4.74 Å². The third-order valence-electron chi connectivity index (χ3n) is 5.45. The van der Waals surface area contributed by atoms with Gasteiger partial charge < -0.3 is 9.64 Å². The van der Waals surface area contributed by atoms with Crippen molar-refractivity contribution in [3.63, 3.8) is 0 Å². The zero-order valence-electron chi connectivity index (χ0n) is 17.8. The molecule has 1 aliphatic heterocycles. The van der Waals surface area contributed by atoms with Crippen molar-refractivity contribution in [3.05, 3.63) is 65.2 Å². The van der Waals surface area contributed by atoms with Gasteiger partial charge in [-0.3, -0.25) is 4.79 Å². The van der Waals surface area contributed by atoms with Crippen LogP contribution in [0.15, 0.2) is 53.4 Å². The minimum atomic E-state index is -3.67. The van der Waals surface area contributed by atoms with Crippen LogP contribution in [0.3, 0.4) is 0 Å². The Hall–Kier alpha value is -2.64. The number of nitrogens with zero attached hydrogens (tertiary/aromatic N) is 2. The smallest absolute Gasteiger partial charge is 0.247 e. The first-order chi connectivity index (χ1) is 14.3. The molecule has 1 unspecified atom stereocenters. The molecule has 1 aliphatic rings. The number of ether oxygens (including phenoxy) is 1. The van der Waals surface area contributed by atoms with Crippen LogP contribution in [0.25, 0.3) is 6.08 Å². The Morgan fingerprint density at radius 2 is 1.97 bits per heavy atom. The van der Waals surface area contributed by atoms with E-state index in [1.54, 1.807) is 18.2 Å². The van der Waals surface area contributed by atoms with Crippen LogP contribution in [0.5, 0.6) is 5.75 Å². The third-order valence-corrected chi connectivity index (χ3v) is 7.28. The van der Waals surface area contributed by atoms with E-state index < -0.39 is 10.0 Å². The number of rotatable bonds is 6. The van der Waals surface area contributed by atoms with Crippen molar-refractivity contribution < 1.29 is 17.9 Å². The lowest BCUT2D eigenvalue weighted by molar-refractivity contribution is -0.128. The van der Waals surface area contributed by atoms with Gasteiger partial charge in [0.15, 0.2) is 0 Å². The predicted octanol–water partition coefficient (Wildman–Crippen LogP) is 3.49. The summed E-state index contributed by atoms with van der Waals surface area (Å²) >= 11 is 0. The van der Waals surface area contributed by atoms with E-state index in [-0.39, 0.29) is 22.6 Å². The van der Waals surface area contributed by atoms with Gasteiger partial charge in [0.05, 0.1) is 13.2 Å². The van der Waals surface area contributed by atoms with Crippen LogP contribution >= 0.6 is 0 Å². The Labute approximate surface area is 178 Å². The summed E-state index contributed by atoms with van der Waals surface area (Å²) in [7, 11) is 0.709. The molecule has 160 valence electrons. The molecule has 3 rings (SSSR count). The molecule has 0 aliphatic carbocycles. The number of methoxy groups -OCH3 is 1. The highest BCUT2D eigenvalue weighted by Crippen LogP contribution is 2.32. The fourth-order valence-corrected chi connectivity index (χ4v) is 4.90. The third kappa shape index (κ3) is 4.27. The van der Waals surface area contributed by atoms with Crippen molar-refractivity contribution in [2.24, 2.45) is 0 Å². The van der Waals surface area contributed by atoms with E-state index in [1.807, 2.05) is 17.0 Å². The van der Waals surface area contributed by atoms with E-state index in [2.05, 4.69) is 19.1 Å². The normalized spacial score (nSPS) is 16.7. The molecule has 0 aromatic heterocycles. The van der Waals surface area contributed by atoms with Gasteiger partial charge in [-0.05, 0) is 47.7 Å². The molecule has 0 radical (unpaired) electrons. The molecule has 0 spiro atoms. The Bertz CT molecular complexity index is 1060. The molecule has 0 saturated heterocycles. The van der Waals surface area contributed by atoms with E-state index in [9.17, 15) is 13.2 Å². The van der Waals surface area contributed by atoms with Crippen LogP contribution in [-0.2, 0) is 21.2 Å². The number of carbonyl (C=O) groups excluding carboxylic acids is 1. The molecule has 0 fully saturated rings. The minimum Gasteiger partial charge on any atom is -0.495 e. The molecule has 7 heteroatoms. The van der Waals surface area contributed by atoms with Crippen LogP contribution in [-0.4, -0.2) is 51.3 Å². The summed E-state index contributed by atoms with van der Waals surface area (Å²) in [6, 6.07) is 13.2. The molecule has 1 amide bonds. The lowest BCUT2D eigenvalue weighted by Crippen LogP contribution is -2.38. The summed E-state index contributed by atoms with van der Waals surface area (Å²) in [5.41, 5.74) is 3.12. The SMILES string of the molecule is CCC1c2ccccc2CCN1C(=O)/C=C/c1ccc(OC)c(S(=O)(=O)N(C)C)c1. The molecule has 6 nitrogen and oxygen atoms in total. The van der Waals surface area contributed by atoms with Gasteiger partial charge in [0.2, 0.25) is 15.9 Å². The molecular formula is C23H28N2O4S. The summed E-state index contributed by atoms with van der Waals surface area (Å²) in [6.45, 7) is 2.75. The van der Waals surface area contributed by atoms with Gasteiger partial charge in [0, 0.05) is 26.7 Å². The highest BCUT2D eigenvalue weighted by atomic mass is 32.2. The fraction of sp³-hybridized carbons (Fsp3) is 0.348. The van der Waals surface area contributed by atoms with Crippen LogP contribution in [0.1, 0.15) is 36.1 Å². The Morgan fingerprint density at radius 3 is 2.63 bits per heavy atom. The minimum absolute atomic E-state index is 0.0487. The summed E-state index contributed by atoms with van der Waals surface area (Å²) in [4.78, 5) is 14.9. The standard InChI is InChI=1S/C23H28N2O4S/c1-5-20-19-9-7-6-8-18(19)14-15-25(20)23(26)13-11-17-10-12-21(29-4)22(16-17)30(27,28)24(2)3/h6-13,16,20H,5,14-15H2,1-4H3/b13-11+. The highest BCUT2D eigenvalue weighted by Gasteiger charge is 2.28. The number of hydrogen-bond donors (Lipinski definition) is 0. The molecule has 2 aromatic carbocycles. The van der Waals surface area contributed by atoms with E-state index >= 15 is 0 Å². The highest BCUT2D eigenvalue weighted by molar-refractivity contribution is 7.89. The van der Waals surface area contributed by atoms with Crippen molar-refractivity contribution in [2.75, 3.05) is 27.7 Å². The summed E-state index contributed by atoms with van der Waals surface area (Å²) in [5.74, 6) is 0.190. The Kier molecular flexibility index (Phi) is 6.63. The van der Waals surface area contributed by atoms with Gasteiger partial charge in [0.1, 0.15) is 10.6 Å². The topological polar surface area (TPSA) is 66.9 Å².